The molecular formula is C13H16N2O. The maximum Gasteiger partial charge on any atom is 0.178 e. The van der Waals surface area contributed by atoms with E-state index in [9.17, 15) is 4.79 Å². The van der Waals surface area contributed by atoms with Gasteiger partial charge in [0.1, 0.15) is 5.71 Å². The number of anilines is 1. The van der Waals surface area contributed by atoms with Crippen LogP contribution < -0.4 is 5.43 Å². The summed E-state index contributed by atoms with van der Waals surface area (Å²) in [5.41, 5.74) is 4.56. The minimum Gasteiger partial charge on any atom is -0.293 e. The fraction of sp³-hybridized carbons (Fsp3) is 0.385. The van der Waals surface area contributed by atoms with Crippen LogP contribution in [0.25, 0.3) is 0 Å². The van der Waals surface area contributed by atoms with Gasteiger partial charge in [-0.1, -0.05) is 24.6 Å². The summed E-state index contributed by atoms with van der Waals surface area (Å²) in [4.78, 5) is 11.7. The van der Waals surface area contributed by atoms with E-state index in [2.05, 4.69) is 10.5 Å². The Morgan fingerprint density at radius 1 is 1.00 bits per heavy atom. The summed E-state index contributed by atoms with van der Waals surface area (Å²) < 4.78 is 0. The summed E-state index contributed by atoms with van der Waals surface area (Å²) in [7, 11) is 0. The predicted molar refractivity (Wildman–Crippen MR) is 65.6 cm³/mol. The Morgan fingerprint density at radius 3 is 2.56 bits per heavy atom. The maximum atomic E-state index is 11.7. The third-order valence-electron chi connectivity index (χ3n) is 2.73. The Hall–Kier alpha value is -1.64. The molecule has 3 nitrogen and oxygen atoms in total. The predicted octanol–water partition coefficient (Wildman–Crippen LogP) is 2.99. The molecule has 1 N–H and O–H groups in total. The van der Waals surface area contributed by atoms with E-state index >= 15 is 0 Å². The SMILES string of the molecule is O=C1CCCCC/C1=N\Nc1ccccc1. The van der Waals surface area contributed by atoms with Crippen LogP contribution in [0.1, 0.15) is 32.1 Å². The lowest BCUT2D eigenvalue weighted by Gasteiger charge is -2.03. The lowest BCUT2D eigenvalue weighted by molar-refractivity contribution is -0.113. The van der Waals surface area contributed by atoms with Gasteiger partial charge in [0.2, 0.25) is 0 Å². The van der Waals surface area contributed by atoms with E-state index in [1.54, 1.807) is 0 Å². The summed E-state index contributed by atoms with van der Waals surface area (Å²) >= 11 is 0. The zero-order valence-electron chi connectivity index (χ0n) is 9.28. The standard InChI is InChI=1S/C13H16N2O/c16-13-10-6-2-5-9-12(13)15-14-11-7-3-1-4-8-11/h1,3-4,7-8,14H,2,5-6,9-10H2/b15-12+. The summed E-state index contributed by atoms with van der Waals surface area (Å²) in [5, 5.41) is 4.21. The molecule has 0 bridgehead atoms. The second-order valence-electron chi connectivity index (χ2n) is 4.02. The van der Waals surface area contributed by atoms with Crippen LogP contribution in [0.3, 0.4) is 0 Å². The van der Waals surface area contributed by atoms with E-state index in [4.69, 9.17) is 0 Å². The third-order valence-corrected chi connectivity index (χ3v) is 2.73. The van der Waals surface area contributed by atoms with Crippen molar-refractivity contribution in [3.63, 3.8) is 0 Å². The van der Waals surface area contributed by atoms with E-state index in [1.807, 2.05) is 30.3 Å². The van der Waals surface area contributed by atoms with Gasteiger partial charge < -0.3 is 0 Å². The van der Waals surface area contributed by atoms with Crippen LogP contribution in [0.4, 0.5) is 5.69 Å². The van der Waals surface area contributed by atoms with Crippen molar-refractivity contribution in [1.29, 1.82) is 0 Å². The molecule has 0 saturated heterocycles. The molecule has 1 aliphatic carbocycles. The molecule has 1 fully saturated rings. The molecule has 16 heavy (non-hydrogen) atoms. The molecule has 0 aliphatic heterocycles. The molecule has 0 atom stereocenters. The van der Waals surface area contributed by atoms with Crippen LogP contribution in [0.2, 0.25) is 0 Å². The molecule has 0 spiro atoms. The van der Waals surface area contributed by atoms with Gasteiger partial charge in [0.15, 0.2) is 5.78 Å². The number of ketones is 1. The van der Waals surface area contributed by atoms with Crippen LogP contribution in [-0.2, 0) is 4.79 Å². The van der Waals surface area contributed by atoms with E-state index in [0.29, 0.717) is 12.1 Å². The Bertz CT molecular complexity index is 384. The van der Waals surface area contributed by atoms with Crippen molar-refractivity contribution in [1.82, 2.24) is 0 Å². The number of rotatable bonds is 2. The molecule has 1 aromatic carbocycles. The first-order valence-corrected chi connectivity index (χ1v) is 5.77. The zero-order valence-corrected chi connectivity index (χ0v) is 9.28. The van der Waals surface area contributed by atoms with Crippen molar-refractivity contribution in [2.24, 2.45) is 5.10 Å². The fourth-order valence-corrected chi connectivity index (χ4v) is 1.80. The molecule has 1 aromatic rings. The average molecular weight is 216 g/mol. The molecule has 84 valence electrons. The summed E-state index contributed by atoms with van der Waals surface area (Å²) in [6, 6.07) is 9.71. The number of para-hydroxylation sites is 1. The number of hydrogen-bond donors (Lipinski definition) is 1. The molecular weight excluding hydrogens is 200 g/mol. The van der Waals surface area contributed by atoms with Gasteiger partial charge in [0, 0.05) is 6.42 Å². The maximum absolute atomic E-state index is 11.7. The van der Waals surface area contributed by atoms with E-state index < -0.39 is 0 Å². The first kappa shape index (κ1) is 10.9. The monoisotopic (exact) mass is 216 g/mol. The van der Waals surface area contributed by atoms with Crippen molar-refractivity contribution in [2.75, 3.05) is 5.43 Å². The number of hydrogen-bond acceptors (Lipinski definition) is 3. The molecule has 0 heterocycles. The Morgan fingerprint density at radius 2 is 1.75 bits per heavy atom. The van der Waals surface area contributed by atoms with Gasteiger partial charge in [0.25, 0.3) is 0 Å². The van der Waals surface area contributed by atoms with Crippen LogP contribution >= 0.6 is 0 Å². The topological polar surface area (TPSA) is 41.5 Å². The normalized spacial score (nSPS) is 19.5. The second-order valence-corrected chi connectivity index (χ2v) is 4.02. The largest absolute Gasteiger partial charge is 0.293 e. The minimum absolute atomic E-state index is 0.195. The van der Waals surface area contributed by atoms with E-state index in [0.717, 1.165) is 31.4 Å². The molecule has 3 heteroatoms. The highest BCUT2D eigenvalue weighted by atomic mass is 16.1. The third kappa shape index (κ3) is 2.92. The lowest BCUT2D eigenvalue weighted by Crippen LogP contribution is -2.13. The second kappa shape index (κ2) is 5.45. The van der Waals surface area contributed by atoms with Gasteiger partial charge in [-0.25, -0.2) is 0 Å². The molecule has 0 amide bonds. The zero-order chi connectivity index (χ0) is 11.2. The average Bonchev–Trinajstić information content (AvgIpc) is 2.53. The van der Waals surface area contributed by atoms with E-state index in [1.165, 1.54) is 0 Å². The van der Waals surface area contributed by atoms with Crippen LogP contribution in [0.15, 0.2) is 35.4 Å². The summed E-state index contributed by atoms with van der Waals surface area (Å²) in [5.74, 6) is 0.195. The van der Waals surface area contributed by atoms with Gasteiger partial charge in [-0.15, -0.1) is 0 Å². The molecule has 0 aromatic heterocycles. The quantitative estimate of drug-likeness (QED) is 0.610. The summed E-state index contributed by atoms with van der Waals surface area (Å²) in [6.07, 6.45) is 4.66. The number of Topliss-reactive ketones (excluding diaryl/α,β-unsaturated/α-hetero) is 1. The van der Waals surface area contributed by atoms with Gasteiger partial charge in [0.05, 0.1) is 5.69 Å². The smallest absolute Gasteiger partial charge is 0.178 e. The van der Waals surface area contributed by atoms with Crippen molar-refractivity contribution < 1.29 is 4.79 Å². The van der Waals surface area contributed by atoms with Crippen LogP contribution in [-0.4, -0.2) is 11.5 Å². The fourth-order valence-electron chi connectivity index (χ4n) is 1.80. The van der Waals surface area contributed by atoms with Gasteiger partial charge >= 0.3 is 0 Å². The first-order valence-electron chi connectivity index (χ1n) is 5.77. The highest BCUT2D eigenvalue weighted by Gasteiger charge is 2.14. The number of carbonyl (C=O) groups excluding carboxylic acids is 1. The van der Waals surface area contributed by atoms with Crippen LogP contribution in [0, 0.1) is 0 Å². The first-order chi connectivity index (χ1) is 7.86. The number of hydrazone groups is 1. The van der Waals surface area contributed by atoms with Crippen molar-refractivity contribution >= 4 is 17.2 Å². The van der Waals surface area contributed by atoms with Gasteiger partial charge in [-0.3, -0.25) is 10.2 Å². The molecule has 0 radical (unpaired) electrons. The Labute approximate surface area is 95.6 Å². The Kier molecular flexibility index (Phi) is 3.70. The minimum atomic E-state index is 0.195. The number of nitrogens with zero attached hydrogens (tertiary/aromatic N) is 1. The highest BCUT2D eigenvalue weighted by molar-refractivity contribution is 6.40. The van der Waals surface area contributed by atoms with Gasteiger partial charge in [-0.05, 0) is 31.4 Å². The molecule has 0 unspecified atom stereocenters. The van der Waals surface area contributed by atoms with E-state index in [-0.39, 0.29) is 5.78 Å². The highest BCUT2D eigenvalue weighted by Crippen LogP contribution is 2.13. The molecule has 1 aliphatic rings. The number of nitrogens with one attached hydrogen (secondary N) is 1. The molecule has 1 saturated carbocycles. The lowest BCUT2D eigenvalue weighted by atomic mass is 10.1. The van der Waals surface area contributed by atoms with Crippen molar-refractivity contribution in [3.05, 3.63) is 30.3 Å². The number of carbonyl (C=O) groups is 1. The van der Waals surface area contributed by atoms with Crippen molar-refractivity contribution in [2.45, 2.75) is 32.1 Å². The summed E-state index contributed by atoms with van der Waals surface area (Å²) in [6.45, 7) is 0. The van der Waals surface area contributed by atoms with Gasteiger partial charge in [-0.2, -0.15) is 5.10 Å². The number of benzene rings is 1. The van der Waals surface area contributed by atoms with Crippen LogP contribution in [0.5, 0.6) is 0 Å². The molecule has 2 rings (SSSR count). The Balaban J connectivity index is 2.03. The van der Waals surface area contributed by atoms with Crippen molar-refractivity contribution in [3.8, 4) is 0 Å².